The molecule has 112 valence electrons. The smallest absolute Gasteiger partial charge is 0.0747 e. The van der Waals surface area contributed by atoms with Crippen LogP contribution in [-0.4, -0.2) is 4.98 Å². The Hall–Kier alpha value is -2.67. The van der Waals surface area contributed by atoms with Crippen molar-refractivity contribution in [2.24, 2.45) is 0 Å². The summed E-state index contributed by atoms with van der Waals surface area (Å²) in [6.07, 6.45) is 0. The molecule has 1 heteroatoms. The fourth-order valence-corrected chi connectivity index (χ4v) is 3.42. The Bertz CT molecular complexity index is 1030. The van der Waals surface area contributed by atoms with Gasteiger partial charge in [0.2, 0.25) is 0 Å². The van der Waals surface area contributed by atoms with Gasteiger partial charge in [0.25, 0.3) is 0 Å². The molecule has 0 spiro atoms. The number of aryl methyl sites for hydroxylation is 1. The van der Waals surface area contributed by atoms with Gasteiger partial charge >= 0.3 is 0 Å². The van der Waals surface area contributed by atoms with Gasteiger partial charge in [-0.3, -0.25) is 0 Å². The molecule has 0 amide bonds. The number of hydrogen-bond acceptors (Lipinski definition) is 1. The summed E-state index contributed by atoms with van der Waals surface area (Å²) in [6.45, 7) is 6.61. The fraction of sp³-hybridized carbons (Fsp3) is 0.136. The first-order chi connectivity index (χ1) is 11.2. The van der Waals surface area contributed by atoms with Crippen LogP contribution in [0.5, 0.6) is 0 Å². The van der Waals surface area contributed by atoms with Crippen LogP contribution in [-0.2, 0) is 0 Å². The van der Waals surface area contributed by atoms with Crippen molar-refractivity contribution in [2.45, 2.75) is 20.8 Å². The lowest BCUT2D eigenvalue weighted by atomic mass is 9.89. The van der Waals surface area contributed by atoms with Crippen LogP contribution in [0.3, 0.4) is 0 Å². The summed E-state index contributed by atoms with van der Waals surface area (Å²) in [7, 11) is 0. The van der Waals surface area contributed by atoms with E-state index in [2.05, 4.69) is 81.4 Å². The Morgan fingerprint density at radius 2 is 1.39 bits per heavy atom. The average molecular weight is 297 g/mol. The third-order valence-electron chi connectivity index (χ3n) is 4.91. The molecule has 0 bridgehead atoms. The maximum atomic E-state index is 4.97. The average Bonchev–Trinajstić information content (AvgIpc) is 2.60. The van der Waals surface area contributed by atoms with Crippen LogP contribution in [0, 0.1) is 20.8 Å². The summed E-state index contributed by atoms with van der Waals surface area (Å²) in [5.41, 5.74) is 8.70. The largest absolute Gasteiger partial charge is 0.247 e. The van der Waals surface area contributed by atoms with Gasteiger partial charge in [0.1, 0.15) is 0 Å². The van der Waals surface area contributed by atoms with Crippen molar-refractivity contribution in [3.05, 3.63) is 77.4 Å². The van der Waals surface area contributed by atoms with Crippen LogP contribution >= 0.6 is 0 Å². The minimum atomic E-state index is 1.06. The Labute approximate surface area is 136 Å². The van der Waals surface area contributed by atoms with Gasteiger partial charge < -0.3 is 0 Å². The van der Waals surface area contributed by atoms with Crippen LogP contribution in [0.15, 0.2) is 60.7 Å². The SMILES string of the molecule is Cc1c(C)c(C)c2nc3ccccc3cc2c1-c1ccccc1. The van der Waals surface area contributed by atoms with Crippen molar-refractivity contribution in [3.8, 4) is 11.1 Å². The van der Waals surface area contributed by atoms with Gasteiger partial charge in [-0.1, -0.05) is 48.5 Å². The van der Waals surface area contributed by atoms with Crippen LogP contribution in [0.1, 0.15) is 16.7 Å². The third-order valence-corrected chi connectivity index (χ3v) is 4.91. The number of hydrogen-bond donors (Lipinski definition) is 0. The molecular formula is C22H19N. The summed E-state index contributed by atoms with van der Waals surface area (Å²) >= 11 is 0. The molecule has 0 saturated heterocycles. The Balaban J connectivity index is 2.22. The molecule has 0 fully saturated rings. The second-order valence-corrected chi connectivity index (χ2v) is 6.19. The molecule has 1 nitrogen and oxygen atoms in total. The Morgan fingerprint density at radius 3 is 2.17 bits per heavy atom. The van der Waals surface area contributed by atoms with Gasteiger partial charge in [0.05, 0.1) is 11.0 Å². The lowest BCUT2D eigenvalue weighted by Gasteiger charge is -2.17. The number of rotatable bonds is 1. The zero-order chi connectivity index (χ0) is 16.0. The number of aromatic nitrogens is 1. The normalized spacial score (nSPS) is 11.3. The molecule has 23 heavy (non-hydrogen) atoms. The van der Waals surface area contributed by atoms with E-state index < -0.39 is 0 Å². The van der Waals surface area contributed by atoms with Crippen LogP contribution in [0.4, 0.5) is 0 Å². The highest BCUT2D eigenvalue weighted by atomic mass is 14.7. The summed E-state index contributed by atoms with van der Waals surface area (Å²) in [6, 6.07) is 21.3. The molecule has 4 rings (SSSR count). The number of pyridine rings is 1. The lowest BCUT2D eigenvalue weighted by Crippen LogP contribution is -1.97. The molecule has 0 aliphatic heterocycles. The lowest BCUT2D eigenvalue weighted by molar-refractivity contribution is 1.28. The van der Waals surface area contributed by atoms with Crippen molar-refractivity contribution in [1.82, 2.24) is 4.98 Å². The summed E-state index contributed by atoms with van der Waals surface area (Å²) in [4.78, 5) is 4.97. The molecule has 0 aliphatic carbocycles. The van der Waals surface area contributed by atoms with E-state index >= 15 is 0 Å². The van der Waals surface area contributed by atoms with E-state index in [4.69, 9.17) is 4.98 Å². The van der Waals surface area contributed by atoms with E-state index in [-0.39, 0.29) is 0 Å². The Morgan fingerprint density at radius 1 is 0.696 bits per heavy atom. The highest BCUT2D eigenvalue weighted by Crippen LogP contribution is 2.37. The minimum absolute atomic E-state index is 1.06. The zero-order valence-electron chi connectivity index (χ0n) is 13.7. The number of fused-ring (bicyclic) bond motifs is 2. The predicted octanol–water partition coefficient (Wildman–Crippen LogP) is 5.98. The topological polar surface area (TPSA) is 12.9 Å². The van der Waals surface area contributed by atoms with Crippen molar-refractivity contribution < 1.29 is 0 Å². The molecule has 1 aromatic heterocycles. The van der Waals surface area contributed by atoms with E-state index in [1.54, 1.807) is 0 Å². The Kier molecular flexibility index (Phi) is 3.16. The number of para-hydroxylation sites is 1. The second kappa shape index (κ2) is 5.20. The monoisotopic (exact) mass is 297 g/mol. The number of nitrogens with zero attached hydrogens (tertiary/aromatic N) is 1. The van der Waals surface area contributed by atoms with Crippen LogP contribution in [0.2, 0.25) is 0 Å². The maximum Gasteiger partial charge on any atom is 0.0747 e. The zero-order valence-corrected chi connectivity index (χ0v) is 13.7. The van der Waals surface area contributed by atoms with Gasteiger partial charge in [-0.15, -0.1) is 0 Å². The first kappa shape index (κ1) is 14.0. The molecule has 4 aromatic rings. The molecule has 0 radical (unpaired) electrons. The molecule has 0 N–H and O–H groups in total. The van der Waals surface area contributed by atoms with E-state index in [0.717, 1.165) is 11.0 Å². The van der Waals surface area contributed by atoms with Crippen LogP contribution in [0.25, 0.3) is 32.9 Å². The second-order valence-electron chi connectivity index (χ2n) is 6.19. The van der Waals surface area contributed by atoms with Gasteiger partial charge in [0.15, 0.2) is 0 Å². The molecule has 3 aromatic carbocycles. The minimum Gasteiger partial charge on any atom is -0.247 e. The van der Waals surface area contributed by atoms with E-state index in [9.17, 15) is 0 Å². The molecular weight excluding hydrogens is 278 g/mol. The molecule has 0 saturated carbocycles. The van der Waals surface area contributed by atoms with Gasteiger partial charge in [-0.05, 0) is 60.7 Å². The van der Waals surface area contributed by atoms with Crippen molar-refractivity contribution in [2.75, 3.05) is 0 Å². The van der Waals surface area contributed by atoms with Crippen molar-refractivity contribution in [3.63, 3.8) is 0 Å². The number of benzene rings is 3. The highest BCUT2D eigenvalue weighted by molar-refractivity contribution is 6.04. The quantitative estimate of drug-likeness (QED) is 0.394. The molecule has 0 unspecified atom stereocenters. The highest BCUT2D eigenvalue weighted by Gasteiger charge is 2.15. The van der Waals surface area contributed by atoms with Crippen LogP contribution < -0.4 is 0 Å². The molecule has 0 atom stereocenters. The first-order valence-electron chi connectivity index (χ1n) is 8.01. The van der Waals surface area contributed by atoms with Gasteiger partial charge in [0, 0.05) is 10.8 Å². The van der Waals surface area contributed by atoms with E-state index in [1.165, 1.54) is 38.6 Å². The summed E-state index contributed by atoms with van der Waals surface area (Å²) < 4.78 is 0. The molecule has 1 heterocycles. The van der Waals surface area contributed by atoms with Crippen molar-refractivity contribution in [1.29, 1.82) is 0 Å². The van der Waals surface area contributed by atoms with Gasteiger partial charge in [-0.25, -0.2) is 4.98 Å². The van der Waals surface area contributed by atoms with Crippen molar-refractivity contribution >= 4 is 21.8 Å². The fourth-order valence-electron chi connectivity index (χ4n) is 3.42. The summed E-state index contributed by atoms with van der Waals surface area (Å²) in [5, 5.41) is 2.44. The summed E-state index contributed by atoms with van der Waals surface area (Å²) in [5.74, 6) is 0. The maximum absolute atomic E-state index is 4.97. The van der Waals surface area contributed by atoms with E-state index in [1.807, 2.05) is 0 Å². The first-order valence-corrected chi connectivity index (χ1v) is 8.01. The standard InChI is InChI=1S/C22H19N/c1-14-15(2)21(17-9-5-4-6-10-17)19-13-18-11-7-8-12-20(18)23-22(19)16(14)3/h4-13H,1-3H3. The third kappa shape index (κ3) is 2.12. The predicted molar refractivity (Wildman–Crippen MR) is 98.9 cm³/mol. The molecule has 0 aliphatic rings. The van der Waals surface area contributed by atoms with Gasteiger partial charge in [-0.2, -0.15) is 0 Å². The van der Waals surface area contributed by atoms with E-state index in [0.29, 0.717) is 0 Å².